The van der Waals surface area contributed by atoms with Crippen LogP contribution >= 0.6 is 11.3 Å². The van der Waals surface area contributed by atoms with Gasteiger partial charge in [0, 0.05) is 23.9 Å². The first-order valence-corrected chi connectivity index (χ1v) is 9.08. The molecule has 0 radical (unpaired) electrons. The molecule has 0 saturated carbocycles. The van der Waals surface area contributed by atoms with Gasteiger partial charge in [-0.2, -0.15) is 16.3 Å². The predicted molar refractivity (Wildman–Crippen MR) is 94.8 cm³/mol. The molecule has 1 fully saturated rings. The van der Waals surface area contributed by atoms with Gasteiger partial charge in [-0.3, -0.25) is 4.79 Å². The number of hydrogen-bond donors (Lipinski definition) is 0. The van der Waals surface area contributed by atoms with E-state index in [0.29, 0.717) is 30.0 Å². The van der Waals surface area contributed by atoms with Crippen molar-refractivity contribution >= 4 is 28.9 Å². The number of benzene rings is 1. The summed E-state index contributed by atoms with van der Waals surface area (Å²) in [6.07, 6.45) is 1.28. The average molecular weight is 369 g/mol. The molecule has 2 aromatic heterocycles. The number of amides is 1. The lowest BCUT2D eigenvalue weighted by Crippen LogP contribution is -2.26. The van der Waals surface area contributed by atoms with Crippen LogP contribution in [0.25, 0.3) is 11.4 Å². The number of esters is 1. The van der Waals surface area contributed by atoms with Gasteiger partial charge in [0.2, 0.25) is 11.7 Å². The molecule has 0 bridgehead atoms. The molecule has 0 spiro atoms. The second kappa shape index (κ2) is 7.09. The highest BCUT2D eigenvalue weighted by Gasteiger charge is 2.26. The van der Waals surface area contributed by atoms with Gasteiger partial charge in [-0.05, 0) is 30.0 Å². The van der Waals surface area contributed by atoms with Crippen molar-refractivity contribution in [3.8, 4) is 11.4 Å². The Bertz CT molecular complexity index is 936. The van der Waals surface area contributed by atoms with Gasteiger partial charge in [0.25, 0.3) is 5.89 Å². The van der Waals surface area contributed by atoms with Crippen LogP contribution in [0.2, 0.25) is 0 Å². The minimum atomic E-state index is -0.532. The highest BCUT2D eigenvalue weighted by Crippen LogP contribution is 2.26. The van der Waals surface area contributed by atoms with Gasteiger partial charge in [0.15, 0.2) is 6.61 Å². The summed E-state index contributed by atoms with van der Waals surface area (Å²) in [6, 6.07) is 8.81. The van der Waals surface area contributed by atoms with Crippen LogP contribution < -0.4 is 4.90 Å². The Hall–Kier alpha value is -3.00. The molecule has 1 aliphatic rings. The lowest BCUT2D eigenvalue weighted by molar-refractivity contribution is -0.117. The molecular formula is C18H15N3O4S. The number of aromatic nitrogens is 2. The first-order chi connectivity index (χ1) is 12.7. The number of carbonyl (C=O) groups excluding carboxylic acids is 2. The molecule has 1 amide bonds. The van der Waals surface area contributed by atoms with Gasteiger partial charge in [-0.15, -0.1) is 0 Å². The molecule has 1 saturated heterocycles. The number of para-hydroxylation sites is 1. The number of hydrogen-bond acceptors (Lipinski definition) is 7. The molecule has 1 aromatic carbocycles. The van der Waals surface area contributed by atoms with Crippen LogP contribution in [0.15, 0.2) is 45.6 Å². The van der Waals surface area contributed by atoms with Gasteiger partial charge in [0.1, 0.15) is 0 Å². The summed E-state index contributed by atoms with van der Waals surface area (Å²) in [6.45, 7) is 0.481. The van der Waals surface area contributed by atoms with Gasteiger partial charge in [0.05, 0.1) is 11.3 Å². The van der Waals surface area contributed by atoms with Gasteiger partial charge >= 0.3 is 5.97 Å². The van der Waals surface area contributed by atoms with E-state index in [1.807, 2.05) is 16.8 Å². The van der Waals surface area contributed by atoms with Crippen LogP contribution in [0, 0.1) is 0 Å². The first-order valence-electron chi connectivity index (χ1n) is 8.14. The normalized spacial score (nSPS) is 14.0. The number of nitrogens with zero attached hydrogens (tertiary/aromatic N) is 3. The highest BCUT2D eigenvalue weighted by atomic mass is 32.1. The van der Waals surface area contributed by atoms with Gasteiger partial charge in [-0.1, -0.05) is 17.3 Å². The van der Waals surface area contributed by atoms with Crippen LogP contribution in [-0.2, 0) is 16.1 Å². The van der Waals surface area contributed by atoms with Crippen molar-refractivity contribution in [1.82, 2.24) is 10.1 Å². The lowest BCUT2D eigenvalue weighted by Gasteiger charge is -2.18. The van der Waals surface area contributed by atoms with Crippen molar-refractivity contribution in [3.05, 3.63) is 52.5 Å². The minimum Gasteiger partial charge on any atom is -0.452 e. The monoisotopic (exact) mass is 369 g/mol. The fraction of sp³-hybridized carbons (Fsp3) is 0.222. The smallest absolute Gasteiger partial charge is 0.340 e. The van der Waals surface area contributed by atoms with Gasteiger partial charge < -0.3 is 14.2 Å². The van der Waals surface area contributed by atoms with E-state index < -0.39 is 5.97 Å². The van der Waals surface area contributed by atoms with E-state index in [0.717, 1.165) is 12.0 Å². The Morgan fingerprint density at radius 3 is 2.96 bits per heavy atom. The fourth-order valence-electron chi connectivity index (χ4n) is 2.81. The van der Waals surface area contributed by atoms with Crippen LogP contribution in [0.1, 0.15) is 29.1 Å². The predicted octanol–water partition coefficient (Wildman–Crippen LogP) is 3.28. The molecule has 4 rings (SSSR count). The second-order valence-electron chi connectivity index (χ2n) is 5.77. The zero-order valence-corrected chi connectivity index (χ0v) is 14.6. The molecule has 3 aromatic rings. The average Bonchev–Trinajstić information content (AvgIpc) is 3.41. The maximum absolute atomic E-state index is 12.5. The van der Waals surface area contributed by atoms with Crippen LogP contribution in [-0.4, -0.2) is 28.6 Å². The van der Waals surface area contributed by atoms with E-state index >= 15 is 0 Å². The van der Waals surface area contributed by atoms with E-state index in [2.05, 4.69) is 10.1 Å². The van der Waals surface area contributed by atoms with Crippen LogP contribution in [0.4, 0.5) is 5.69 Å². The summed E-state index contributed by atoms with van der Waals surface area (Å²) in [7, 11) is 0. The molecule has 3 heterocycles. The van der Waals surface area contributed by atoms with Crippen molar-refractivity contribution in [3.63, 3.8) is 0 Å². The third-order valence-electron chi connectivity index (χ3n) is 4.06. The van der Waals surface area contributed by atoms with Gasteiger partial charge in [-0.25, -0.2) is 4.79 Å². The Morgan fingerprint density at radius 2 is 2.19 bits per heavy atom. The maximum atomic E-state index is 12.5. The summed E-state index contributed by atoms with van der Waals surface area (Å²) in [5.41, 5.74) is 1.78. The Kier molecular flexibility index (Phi) is 4.49. The second-order valence-corrected chi connectivity index (χ2v) is 6.55. The molecule has 132 valence electrons. The molecule has 1 aliphatic heterocycles. The largest absolute Gasteiger partial charge is 0.452 e. The third kappa shape index (κ3) is 3.23. The van der Waals surface area contributed by atoms with E-state index in [1.165, 1.54) is 11.3 Å². The molecule has 0 aliphatic carbocycles. The highest BCUT2D eigenvalue weighted by molar-refractivity contribution is 7.08. The zero-order valence-electron chi connectivity index (χ0n) is 13.8. The van der Waals surface area contributed by atoms with Crippen molar-refractivity contribution in [2.45, 2.75) is 19.4 Å². The molecule has 0 unspecified atom stereocenters. The van der Waals surface area contributed by atoms with E-state index in [1.54, 1.807) is 29.2 Å². The van der Waals surface area contributed by atoms with Crippen LogP contribution in [0.5, 0.6) is 0 Å². The third-order valence-corrected chi connectivity index (χ3v) is 4.75. The Balaban J connectivity index is 1.47. The van der Waals surface area contributed by atoms with E-state index in [9.17, 15) is 9.59 Å². The molecule has 26 heavy (non-hydrogen) atoms. The summed E-state index contributed by atoms with van der Waals surface area (Å²) < 4.78 is 10.4. The number of ether oxygens (including phenoxy) is 1. The molecule has 7 nitrogen and oxygen atoms in total. The number of anilines is 1. The number of rotatable bonds is 5. The summed E-state index contributed by atoms with van der Waals surface area (Å²) >= 11 is 1.53. The van der Waals surface area contributed by atoms with Crippen molar-refractivity contribution < 1.29 is 18.8 Å². The van der Waals surface area contributed by atoms with E-state index in [-0.39, 0.29) is 18.4 Å². The van der Waals surface area contributed by atoms with Crippen LogP contribution in [0.3, 0.4) is 0 Å². The van der Waals surface area contributed by atoms with Crippen molar-refractivity contribution in [2.75, 3.05) is 11.4 Å². The Labute approximate surface area is 153 Å². The molecule has 0 atom stereocenters. The standard InChI is InChI=1S/C18H15N3O4S/c22-16-6-3-8-21(16)14-5-2-1-4-13(14)18(23)24-10-15-19-17(20-25-15)12-7-9-26-11-12/h1-2,4-5,7,9,11H,3,6,8,10H2. The SMILES string of the molecule is O=C(OCc1nc(-c2ccsc2)no1)c1ccccc1N1CCCC1=O. The molecular weight excluding hydrogens is 354 g/mol. The van der Waals surface area contributed by atoms with Crippen molar-refractivity contribution in [2.24, 2.45) is 0 Å². The van der Waals surface area contributed by atoms with E-state index in [4.69, 9.17) is 9.26 Å². The minimum absolute atomic E-state index is 0.0163. The molecule has 8 heteroatoms. The fourth-order valence-corrected chi connectivity index (χ4v) is 3.45. The zero-order chi connectivity index (χ0) is 17.9. The number of carbonyl (C=O) groups is 2. The summed E-state index contributed by atoms with van der Waals surface area (Å²) in [4.78, 5) is 30.3. The topological polar surface area (TPSA) is 85.5 Å². The Morgan fingerprint density at radius 1 is 1.31 bits per heavy atom. The first kappa shape index (κ1) is 16.5. The molecule has 0 N–H and O–H groups in total. The quantitative estimate of drug-likeness (QED) is 0.642. The maximum Gasteiger partial charge on any atom is 0.340 e. The summed E-state index contributed by atoms with van der Waals surface area (Å²) in [5.74, 6) is 0.160. The summed E-state index contributed by atoms with van der Waals surface area (Å²) in [5, 5.41) is 7.70. The number of thiophene rings is 1. The lowest BCUT2D eigenvalue weighted by atomic mass is 10.1. The van der Waals surface area contributed by atoms with Crippen molar-refractivity contribution in [1.29, 1.82) is 0 Å².